The van der Waals surface area contributed by atoms with Crippen molar-refractivity contribution in [1.29, 1.82) is 0 Å². The first-order valence-electron chi connectivity index (χ1n) is 9.95. The van der Waals surface area contributed by atoms with Crippen LogP contribution in [-0.2, 0) is 4.79 Å². The predicted molar refractivity (Wildman–Crippen MR) is 103 cm³/mol. The smallest absolute Gasteiger partial charge is 0.266 e. The Morgan fingerprint density at radius 1 is 1.35 bits per heavy atom. The number of benzene rings is 1. The zero-order valence-corrected chi connectivity index (χ0v) is 16.8. The second-order valence-electron chi connectivity index (χ2n) is 8.74. The molecule has 144 valence electrons. The molecule has 4 heteroatoms. The van der Waals surface area contributed by atoms with E-state index < -0.39 is 11.2 Å². The molecule has 26 heavy (non-hydrogen) atoms. The fourth-order valence-corrected chi connectivity index (χ4v) is 4.77. The minimum atomic E-state index is -0.920. The third-order valence-corrected chi connectivity index (χ3v) is 6.65. The van der Waals surface area contributed by atoms with Crippen molar-refractivity contribution >= 4 is 5.91 Å². The normalized spacial score (nSPS) is 28.8. The van der Waals surface area contributed by atoms with Gasteiger partial charge in [0, 0.05) is 19.0 Å². The van der Waals surface area contributed by atoms with Crippen molar-refractivity contribution in [2.24, 2.45) is 11.8 Å². The number of carbonyl (C=O) groups is 1. The summed E-state index contributed by atoms with van der Waals surface area (Å²) < 4.78 is 6.17. The average Bonchev–Trinajstić information content (AvgIpc) is 3.04. The molecule has 2 fully saturated rings. The molecule has 1 aromatic carbocycles. The van der Waals surface area contributed by atoms with Crippen LogP contribution in [0.15, 0.2) is 18.2 Å². The summed E-state index contributed by atoms with van der Waals surface area (Å²) in [5.41, 5.74) is 0.696. The maximum atomic E-state index is 13.2. The molecule has 0 spiro atoms. The summed E-state index contributed by atoms with van der Waals surface area (Å²) in [6.07, 6.45) is 3.78. The van der Waals surface area contributed by atoms with Crippen molar-refractivity contribution in [3.8, 4) is 5.75 Å². The number of nitrogens with zero attached hydrogens (tertiary/aromatic N) is 1. The lowest BCUT2D eigenvalue weighted by Gasteiger charge is -2.40. The standard InChI is InChI=1S/C22H33NO3/c1-6-22(25)12-8-10-17-13-23(14-18(17)22)20(24)21(4,5)26-19-11-7-9-15(2)16(19)3/h7,9,11,17-18,25H,6,8,10,12-14H2,1-5H3/t17-,18+,22-/m1/s1. The van der Waals surface area contributed by atoms with E-state index in [1.165, 1.54) is 0 Å². The molecule has 1 aliphatic carbocycles. The number of likely N-dealkylation sites (tertiary alicyclic amines) is 1. The van der Waals surface area contributed by atoms with Crippen molar-refractivity contribution in [3.05, 3.63) is 29.3 Å². The summed E-state index contributed by atoms with van der Waals surface area (Å²) >= 11 is 0. The van der Waals surface area contributed by atoms with Gasteiger partial charge in [0.25, 0.3) is 5.91 Å². The highest BCUT2D eigenvalue weighted by Crippen LogP contribution is 2.44. The number of carbonyl (C=O) groups excluding carboxylic acids is 1. The Labute approximate surface area is 157 Å². The number of hydrogen-bond acceptors (Lipinski definition) is 3. The van der Waals surface area contributed by atoms with Crippen molar-refractivity contribution < 1.29 is 14.6 Å². The number of rotatable bonds is 4. The highest BCUT2D eigenvalue weighted by Gasteiger charge is 2.50. The Bertz CT molecular complexity index is 684. The van der Waals surface area contributed by atoms with Gasteiger partial charge in [-0.3, -0.25) is 4.79 Å². The van der Waals surface area contributed by atoms with E-state index in [-0.39, 0.29) is 11.8 Å². The van der Waals surface area contributed by atoms with Gasteiger partial charge in [0.15, 0.2) is 5.60 Å². The molecular formula is C22H33NO3. The maximum Gasteiger partial charge on any atom is 0.266 e. The Kier molecular flexibility index (Phi) is 5.08. The van der Waals surface area contributed by atoms with Crippen molar-refractivity contribution in [3.63, 3.8) is 0 Å². The molecule has 1 heterocycles. The molecule has 1 saturated heterocycles. The molecule has 0 bridgehead atoms. The number of amides is 1. The lowest BCUT2D eigenvalue weighted by atomic mass is 9.69. The SMILES string of the molecule is CC[C@@]1(O)CCC[C@@H]2CN(C(=O)C(C)(C)Oc3cccc(C)c3C)C[C@@H]21. The van der Waals surface area contributed by atoms with Crippen LogP contribution in [0.4, 0.5) is 0 Å². The van der Waals surface area contributed by atoms with Gasteiger partial charge >= 0.3 is 0 Å². The largest absolute Gasteiger partial charge is 0.478 e. The molecule has 1 aliphatic heterocycles. The first kappa shape index (κ1) is 19.2. The van der Waals surface area contributed by atoms with Crippen LogP contribution in [0.1, 0.15) is 57.6 Å². The molecule has 1 amide bonds. The van der Waals surface area contributed by atoms with E-state index in [0.717, 1.165) is 49.1 Å². The molecule has 0 radical (unpaired) electrons. The quantitative estimate of drug-likeness (QED) is 0.888. The summed E-state index contributed by atoms with van der Waals surface area (Å²) in [7, 11) is 0. The van der Waals surface area contributed by atoms with E-state index in [4.69, 9.17) is 4.74 Å². The number of aryl methyl sites for hydroxylation is 1. The van der Waals surface area contributed by atoms with Gasteiger partial charge in [0.05, 0.1) is 5.60 Å². The van der Waals surface area contributed by atoms with Crippen LogP contribution < -0.4 is 4.74 Å². The molecule has 3 rings (SSSR count). The van der Waals surface area contributed by atoms with Crippen molar-refractivity contribution in [2.75, 3.05) is 13.1 Å². The third kappa shape index (κ3) is 3.36. The van der Waals surface area contributed by atoms with Gasteiger partial charge in [-0.25, -0.2) is 0 Å². The minimum absolute atomic E-state index is 0.0197. The van der Waals surface area contributed by atoms with E-state index >= 15 is 0 Å². The van der Waals surface area contributed by atoms with Crippen molar-refractivity contribution in [2.45, 2.75) is 71.5 Å². The highest BCUT2D eigenvalue weighted by molar-refractivity contribution is 5.85. The zero-order valence-electron chi connectivity index (χ0n) is 16.8. The fourth-order valence-electron chi connectivity index (χ4n) is 4.77. The number of hydrogen-bond donors (Lipinski definition) is 1. The molecule has 1 saturated carbocycles. The number of aliphatic hydroxyl groups is 1. The summed E-state index contributed by atoms with van der Waals surface area (Å²) in [5.74, 6) is 1.40. The van der Waals surface area contributed by atoms with Crippen LogP contribution in [0.5, 0.6) is 5.75 Å². The molecule has 1 N–H and O–H groups in total. The van der Waals surface area contributed by atoms with Gasteiger partial charge in [0.1, 0.15) is 5.75 Å². The number of ether oxygens (including phenoxy) is 1. The second kappa shape index (κ2) is 6.88. The van der Waals surface area contributed by atoms with Gasteiger partial charge in [0.2, 0.25) is 0 Å². The Morgan fingerprint density at radius 2 is 2.08 bits per heavy atom. The predicted octanol–water partition coefficient (Wildman–Crippen LogP) is 3.86. The van der Waals surface area contributed by atoms with Gasteiger partial charge in [-0.15, -0.1) is 0 Å². The van der Waals surface area contributed by atoms with Gasteiger partial charge in [-0.2, -0.15) is 0 Å². The van der Waals surface area contributed by atoms with E-state index in [0.29, 0.717) is 12.5 Å². The Morgan fingerprint density at radius 3 is 2.77 bits per heavy atom. The fraction of sp³-hybridized carbons (Fsp3) is 0.682. The van der Waals surface area contributed by atoms with E-state index in [9.17, 15) is 9.90 Å². The molecule has 0 unspecified atom stereocenters. The Hall–Kier alpha value is -1.55. The lowest BCUT2D eigenvalue weighted by molar-refractivity contribution is -0.145. The summed E-state index contributed by atoms with van der Waals surface area (Å²) in [6, 6.07) is 5.94. The monoisotopic (exact) mass is 359 g/mol. The minimum Gasteiger partial charge on any atom is -0.478 e. The van der Waals surface area contributed by atoms with Crippen molar-refractivity contribution in [1.82, 2.24) is 4.90 Å². The van der Waals surface area contributed by atoms with Crippen LogP contribution >= 0.6 is 0 Å². The summed E-state index contributed by atoms with van der Waals surface area (Å²) in [4.78, 5) is 15.2. The van der Waals surface area contributed by atoms with E-state index in [1.807, 2.05) is 50.8 Å². The molecule has 1 aromatic rings. The third-order valence-electron chi connectivity index (χ3n) is 6.65. The topological polar surface area (TPSA) is 49.8 Å². The number of fused-ring (bicyclic) bond motifs is 1. The summed E-state index contributed by atoms with van der Waals surface area (Å²) in [5, 5.41) is 11.0. The van der Waals surface area contributed by atoms with Gasteiger partial charge in [-0.1, -0.05) is 25.5 Å². The molecule has 2 aliphatic rings. The van der Waals surface area contributed by atoms with E-state index in [2.05, 4.69) is 6.92 Å². The second-order valence-corrected chi connectivity index (χ2v) is 8.74. The van der Waals surface area contributed by atoms with Crippen LogP contribution in [0, 0.1) is 25.7 Å². The molecule has 0 aromatic heterocycles. The summed E-state index contributed by atoms with van der Waals surface area (Å²) in [6.45, 7) is 11.2. The van der Waals surface area contributed by atoms with Crippen LogP contribution in [0.25, 0.3) is 0 Å². The maximum absolute atomic E-state index is 13.2. The lowest BCUT2D eigenvalue weighted by Crippen LogP contribution is -2.49. The van der Waals surface area contributed by atoms with Crippen LogP contribution in [0.3, 0.4) is 0 Å². The average molecular weight is 360 g/mol. The van der Waals surface area contributed by atoms with Crippen LogP contribution in [-0.4, -0.2) is 40.2 Å². The molecular weight excluding hydrogens is 326 g/mol. The van der Waals surface area contributed by atoms with Crippen LogP contribution in [0.2, 0.25) is 0 Å². The molecule has 3 atom stereocenters. The van der Waals surface area contributed by atoms with Gasteiger partial charge < -0.3 is 14.7 Å². The van der Waals surface area contributed by atoms with E-state index in [1.54, 1.807) is 0 Å². The highest BCUT2D eigenvalue weighted by atomic mass is 16.5. The first-order valence-corrected chi connectivity index (χ1v) is 9.95. The van der Waals surface area contributed by atoms with Gasteiger partial charge in [-0.05, 0) is 70.1 Å². The Balaban J connectivity index is 1.75. The first-order chi connectivity index (χ1) is 12.2. The molecule has 4 nitrogen and oxygen atoms in total. The zero-order chi connectivity index (χ0) is 19.1.